The number of nitrogens with one attached hydrogen (secondary N) is 1. The fourth-order valence-corrected chi connectivity index (χ4v) is 6.11. The molecule has 0 aliphatic carbocycles. The Balaban J connectivity index is 1.26. The molecule has 3 aromatic heterocycles. The maximum Gasteiger partial charge on any atom is 0.333 e. The van der Waals surface area contributed by atoms with Gasteiger partial charge in [-0.2, -0.15) is 5.10 Å². The molecule has 7 rings (SSSR count). The van der Waals surface area contributed by atoms with E-state index in [0.717, 1.165) is 16.8 Å². The van der Waals surface area contributed by atoms with Gasteiger partial charge < -0.3 is 10.2 Å². The van der Waals surface area contributed by atoms with E-state index in [1.54, 1.807) is 69.1 Å². The maximum absolute atomic E-state index is 14.2. The van der Waals surface area contributed by atoms with Crippen LogP contribution in [0.25, 0.3) is 22.8 Å². The van der Waals surface area contributed by atoms with Gasteiger partial charge in [0.05, 0.1) is 28.6 Å². The second-order valence-corrected chi connectivity index (χ2v) is 12.1. The number of aromatic nitrogens is 6. The molecule has 2 amide bonds. The van der Waals surface area contributed by atoms with Crippen molar-refractivity contribution in [2.75, 3.05) is 6.54 Å². The first kappa shape index (κ1) is 30.3. The molecular weight excluding hydrogens is 684 g/mol. The van der Waals surface area contributed by atoms with Gasteiger partial charge in [0.1, 0.15) is 5.69 Å². The van der Waals surface area contributed by atoms with Crippen LogP contribution in [0.1, 0.15) is 32.1 Å². The summed E-state index contributed by atoms with van der Waals surface area (Å²) < 4.78 is 5.36. The third-order valence-corrected chi connectivity index (χ3v) is 9.22. The normalized spacial score (nSPS) is 12.5. The van der Waals surface area contributed by atoms with E-state index in [1.165, 1.54) is 4.57 Å². The number of nitrogens with zero attached hydrogens (tertiary/aromatic N) is 7. The molecule has 0 atom stereocenters. The van der Waals surface area contributed by atoms with Gasteiger partial charge >= 0.3 is 5.69 Å². The topological polar surface area (TPSA) is 120 Å². The average molecular weight is 710 g/mol. The second kappa shape index (κ2) is 12.8. The van der Waals surface area contributed by atoms with E-state index in [4.69, 9.17) is 11.6 Å². The van der Waals surface area contributed by atoms with Crippen LogP contribution in [-0.2, 0) is 19.6 Å². The summed E-state index contributed by atoms with van der Waals surface area (Å²) in [5, 5.41) is 7.70. The van der Waals surface area contributed by atoms with Gasteiger partial charge in [0.15, 0.2) is 5.82 Å². The molecule has 0 saturated heterocycles. The molecule has 0 saturated carbocycles. The summed E-state index contributed by atoms with van der Waals surface area (Å²) in [7, 11) is 0. The smallest absolute Gasteiger partial charge is 0.333 e. The number of carbonyl (C=O) groups is 2. The number of hydrogen-bond donors (Lipinski definition) is 1. The van der Waals surface area contributed by atoms with Gasteiger partial charge in [0, 0.05) is 60.0 Å². The highest BCUT2D eigenvalue weighted by Gasteiger charge is 2.32. The van der Waals surface area contributed by atoms with Gasteiger partial charge in [-0.15, -0.1) is 0 Å². The molecule has 234 valence electrons. The van der Waals surface area contributed by atoms with Crippen molar-refractivity contribution in [3.63, 3.8) is 0 Å². The quantitative estimate of drug-likeness (QED) is 0.241. The molecule has 0 fully saturated rings. The fourth-order valence-electron chi connectivity index (χ4n) is 5.68. The Labute approximate surface area is 282 Å². The Morgan fingerprint density at radius 3 is 2.40 bits per heavy atom. The van der Waals surface area contributed by atoms with Crippen LogP contribution >= 0.6 is 27.5 Å². The van der Waals surface area contributed by atoms with Gasteiger partial charge in [-0.1, -0.05) is 35.9 Å². The van der Waals surface area contributed by atoms with Gasteiger partial charge in [-0.25, -0.2) is 19.4 Å². The van der Waals surface area contributed by atoms with Gasteiger partial charge in [-0.3, -0.25) is 18.7 Å². The summed E-state index contributed by atoms with van der Waals surface area (Å²) in [6.45, 7) is 0.714. The number of hydrogen-bond acceptors (Lipinski definition) is 6. The Morgan fingerprint density at radius 2 is 1.66 bits per heavy atom. The number of halogens is 2. The zero-order chi connectivity index (χ0) is 32.5. The number of fused-ring (bicyclic) bond motifs is 1. The highest BCUT2D eigenvalue weighted by Crippen LogP contribution is 2.26. The minimum Gasteiger partial charge on any atom is -0.347 e. The van der Waals surface area contributed by atoms with Crippen LogP contribution in [0.3, 0.4) is 0 Å². The highest BCUT2D eigenvalue weighted by atomic mass is 79.9. The number of carbonyl (C=O) groups excluding carboxylic acids is 2. The fraction of sp³-hybridized carbons (Fsp3) is 0.118. The third kappa shape index (κ3) is 5.88. The number of rotatable bonds is 7. The molecule has 6 aromatic rings. The molecule has 11 nitrogen and oxygen atoms in total. The van der Waals surface area contributed by atoms with E-state index >= 15 is 0 Å². The lowest BCUT2D eigenvalue weighted by Gasteiger charge is -2.28. The summed E-state index contributed by atoms with van der Waals surface area (Å²) >= 11 is 9.65. The molecule has 3 aromatic carbocycles. The molecule has 0 spiro atoms. The van der Waals surface area contributed by atoms with Crippen molar-refractivity contribution >= 4 is 39.3 Å². The monoisotopic (exact) mass is 708 g/mol. The minimum atomic E-state index is -0.461. The Kier molecular flexibility index (Phi) is 8.27. The lowest BCUT2D eigenvalue weighted by Crippen LogP contribution is -2.41. The van der Waals surface area contributed by atoms with Gasteiger partial charge in [0.25, 0.3) is 11.8 Å². The van der Waals surface area contributed by atoms with E-state index in [0.29, 0.717) is 32.3 Å². The van der Waals surface area contributed by atoms with Crippen LogP contribution in [0.15, 0.2) is 113 Å². The first-order chi connectivity index (χ1) is 22.9. The molecule has 13 heteroatoms. The van der Waals surface area contributed by atoms with Crippen molar-refractivity contribution < 1.29 is 9.59 Å². The van der Waals surface area contributed by atoms with Crippen molar-refractivity contribution in [2.24, 2.45) is 0 Å². The van der Waals surface area contributed by atoms with E-state index in [9.17, 15) is 14.4 Å². The Morgan fingerprint density at radius 1 is 0.894 bits per heavy atom. The Hall–Kier alpha value is -5.33. The molecule has 0 unspecified atom stereocenters. The van der Waals surface area contributed by atoms with Crippen LogP contribution in [0.2, 0.25) is 5.02 Å². The Bertz CT molecular complexity index is 2160. The maximum atomic E-state index is 14.2. The molecule has 1 aliphatic rings. The summed E-state index contributed by atoms with van der Waals surface area (Å²) in [4.78, 5) is 52.1. The van der Waals surface area contributed by atoms with Crippen molar-refractivity contribution in [3.05, 3.63) is 146 Å². The van der Waals surface area contributed by atoms with Crippen LogP contribution in [0.5, 0.6) is 0 Å². The number of imidazole rings is 1. The summed E-state index contributed by atoms with van der Waals surface area (Å²) in [5.41, 5.74) is 3.53. The van der Waals surface area contributed by atoms with E-state index in [2.05, 4.69) is 36.3 Å². The highest BCUT2D eigenvalue weighted by molar-refractivity contribution is 9.10. The van der Waals surface area contributed by atoms with Crippen molar-refractivity contribution in [1.82, 2.24) is 39.1 Å². The predicted octanol–water partition coefficient (Wildman–Crippen LogP) is 5.28. The van der Waals surface area contributed by atoms with Crippen molar-refractivity contribution in [3.8, 4) is 22.8 Å². The van der Waals surface area contributed by atoms with Gasteiger partial charge in [-0.05, 0) is 76.1 Å². The van der Waals surface area contributed by atoms with Crippen LogP contribution < -0.4 is 11.0 Å². The van der Waals surface area contributed by atoms with Gasteiger partial charge in [0.2, 0.25) is 0 Å². The molecule has 0 bridgehead atoms. The molecule has 4 heterocycles. The summed E-state index contributed by atoms with van der Waals surface area (Å²) in [6.07, 6.45) is 6.83. The van der Waals surface area contributed by atoms with E-state index in [-0.39, 0.29) is 43.5 Å². The summed E-state index contributed by atoms with van der Waals surface area (Å²) in [5.74, 6) is -0.177. The van der Waals surface area contributed by atoms with Crippen LogP contribution in [0, 0.1) is 0 Å². The largest absolute Gasteiger partial charge is 0.347 e. The molecule has 1 aliphatic heterocycles. The zero-order valence-electron chi connectivity index (χ0n) is 24.8. The standard InChI is InChI=1S/C34H26BrClN8O3/c35-27-12-7-22(19-28(27)36)33(46)41-17-18-42-29(21-41)30(44(34(42)47)25-10-8-24(9-11-25)43-16-4-15-40-43)32(45)39-20-23-5-1-2-6-26(23)31-37-13-3-14-38-31/h1-16,19H,17-18,20-21H2,(H,39,45). The SMILES string of the molecule is O=C(NCc1ccccc1-c1ncccn1)c1c2n(c(=O)n1-c1ccc(-n3cccn3)cc1)CCN(C(=O)c1ccc(Br)c(Cl)c1)C2. The second-order valence-electron chi connectivity index (χ2n) is 10.8. The van der Waals surface area contributed by atoms with Crippen LogP contribution in [0.4, 0.5) is 0 Å². The minimum absolute atomic E-state index is 0.0529. The van der Waals surface area contributed by atoms with Crippen LogP contribution in [-0.4, -0.2) is 52.1 Å². The number of amides is 2. The first-order valence-corrected chi connectivity index (χ1v) is 15.9. The molecular formula is C34H26BrClN8O3. The molecule has 0 radical (unpaired) electrons. The number of benzene rings is 3. The predicted molar refractivity (Wildman–Crippen MR) is 180 cm³/mol. The summed E-state index contributed by atoms with van der Waals surface area (Å²) in [6, 6.07) is 23.3. The average Bonchev–Trinajstić information content (AvgIpc) is 3.75. The molecule has 1 N–H and O–H groups in total. The van der Waals surface area contributed by atoms with E-state index < -0.39 is 5.91 Å². The lowest BCUT2D eigenvalue weighted by atomic mass is 10.1. The first-order valence-electron chi connectivity index (χ1n) is 14.7. The third-order valence-electron chi connectivity index (χ3n) is 7.99. The van der Waals surface area contributed by atoms with Crippen molar-refractivity contribution in [2.45, 2.75) is 19.6 Å². The van der Waals surface area contributed by atoms with E-state index in [1.807, 2.05) is 48.7 Å². The molecule has 47 heavy (non-hydrogen) atoms. The van der Waals surface area contributed by atoms with Crippen molar-refractivity contribution in [1.29, 1.82) is 0 Å². The lowest BCUT2D eigenvalue weighted by molar-refractivity contribution is 0.0706. The zero-order valence-corrected chi connectivity index (χ0v) is 27.1.